The molecule has 4 rings (SSSR count). The average molecular weight is 1010 g/mol. The topological polar surface area (TPSA) is 190 Å². The molecule has 0 amide bonds. The number of hydrogen-bond acceptors (Lipinski definition) is 18. The lowest BCUT2D eigenvalue weighted by molar-refractivity contribution is -0.320. The molecular weight excluding hydrogens is 927 g/mol. The van der Waals surface area contributed by atoms with E-state index in [9.17, 15) is 24.0 Å². The Balaban J connectivity index is 1.85. The molecule has 0 aliphatic carbocycles. The Bertz CT molecular complexity index is 1960. The van der Waals surface area contributed by atoms with Crippen LogP contribution in [0.5, 0.6) is 5.75 Å². The van der Waals surface area contributed by atoms with E-state index in [2.05, 4.69) is 0 Å². The molecule has 1 aromatic carbocycles. The van der Waals surface area contributed by atoms with Gasteiger partial charge in [0.15, 0.2) is 36.2 Å². The van der Waals surface area contributed by atoms with Crippen molar-refractivity contribution in [3.63, 3.8) is 0 Å². The molecule has 1 aromatic rings. The predicted octanol–water partition coefficient (Wildman–Crippen LogP) is 7.02. The maximum absolute atomic E-state index is 15.0. The van der Waals surface area contributed by atoms with Crippen LogP contribution >= 0.6 is 11.8 Å². The van der Waals surface area contributed by atoms with Crippen molar-refractivity contribution in [2.45, 2.75) is 193 Å². The number of cyclic esters (lactones) is 1. The second kappa shape index (κ2) is 25.4. The third kappa shape index (κ3) is 14.8. The van der Waals surface area contributed by atoms with Gasteiger partial charge in [-0.15, -0.1) is 11.8 Å². The molecule has 70 heavy (non-hydrogen) atoms. The number of allylic oxidation sites excluding steroid dienone is 1. The zero-order chi connectivity index (χ0) is 52.5. The summed E-state index contributed by atoms with van der Waals surface area (Å²) in [5.74, 6) is -3.87. The van der Waals surface area contributed by atoms with E-state index in [0.29, 0.717) is 17.7 Å². The molecule has 0 aromatic heterocycles. The van der Waals surface area contributed by atoms with Crippen LogP contribution in [0.25, 0.3) is 0 Å². The van der Waals surface area contributed by atoms with Gasteiger partial charge in [-0.1, -0.05) is 32.9 Å². The molecule has 17 nitrogen and oxygen atoms in total. The van der Waals surface area contributed by atoms with Gasteiger partial charge in [0.1, 0.15) is 17.5 Å². The maximum Gasteiger partial charge on any atom is 0.316 e. The normalized spacial score (nSPS) is 36.8. The molecule has 2 fully saturated rings. The van der Waals surface area contributed by atoms with E-state index in [1.165, 1.54) is 39.8 Å². The second-order valence-corrected chi connectivity index (χ2v) is 21.1. The first-order valence-corrected chi connectivity index (χ1v) is 25.5. The predicted molar refractivity (Wildman–Crippen MR) is 262 cm³/mol. The van der Waals surface area contributed by atoms with Crippen LogP contribution < -0.4 is 4.74 Å². The Labute approximate surface area is 419 Å². The molecule has 3 aliphatic heterocycles. The maximum atomic E-state index is 15.0. The van der Waals surface area contributed by atoms with Crippen molar-refractivity contribution in [2.24, 2.45) is 17.8 Å². The summed E-state index contributed by atoms with van der Waals surface area (Å²) >= 11 is 1.36. The molecule has 396 valence electrons. The highest BCUT2D eigenvalue weighted by molar-refractivity contribution is 7.99. The quantitative estimate of drug-likeness (QED) is 0.121. The van der Waals surface area contributed by atoms with Crippen LogP contribution in [-0.2, 0) is 77.1 Å². The molecular formula is C52H81NO16S. The van der Waals surface area contributed by atoms with Crippen LogP contribution in [0.15, 0.2) is 35.9 Å². The van der Waals surface area contributed by atoms with Crippen molar-refractivity contribution in [1.82, 2.24) is 4.90 Å². The van der Waals surface area contributed by atoms with Gasteiger partial charge in [0.25, 0.3) is 0 Å². The van der Waals surface area contributed by atoms with E-state index < -0.39 is 108 Å². The van der Waals surface area contributed by atoms with Gasteiger partial charge in [-0.05, 0) is 111 Å². The van der Waals surface area contributed by atoms with Gasteiger partial charge in [-0.2, -0.15) is 0 Å². The minimum atomic E-state index is -1.58. The minimum Gasteiger partial charge on any atom is -0.497 e. The van der Waals surface area contributed by atoms with Crippen LogP contribution in [-0.4, -0.2) is 154 Å². The van der Waals surface area contributed by atoms with Crippen molar-refractivity contribution in [1.29, 1.82) is 0 Å². The highest BCUT2D eigenvalue weighted by atomic mass is 32.2. The van der Waals surface area contributed by atoms with E-state index in [1.54, 1.807) is 54.7 Å². The van der Waals surface area contributed by atoms with Gasteiger partial charge in [0.2, 0.25) is 0 Å². The minimum absolute atomic E-state index is 0.0176. The average Bonchev–Trinajstić information content (AvgIpc) is 3.29. The summed E-state index contributed by atoms with van der Waals surface area (Å²) in [5, 5.41) is 0. The number of esters is 4. The van der Waals surface area contributed by atoms with Crippen molar-refractivity contribution >= 4 is 41.4 Å². The molecule has 16 atom stereocenters. The van der Waals surface area contributed by atoms with E-state index in [1.807, 2.05) is 71.0 Å². The standard InChI is InChI=1S/C52H81NO16S/c1-18-40-50(10,69-41(56)28-70-27-37-19-21-38(59-15)22-20-37)24-29(2)43(57)30(3)25-51(11,60-16)46(68-49-45(64-35(8)54)39(53(13)14)23-31(4)62-49)32(5)44(33(6)48(58)66-40)67-42-26-52(12,61-17)47(34(7)63-42)65-36(9)55/h19-22,24,30-34,39-40,42,44-47,49H,18,23,25-28H2,1-17H3/t30-,31-,32+,33-,34+,39+,40-,42+,44+,45-,46-,47+,49+,50+,51-,52-/m1/s1. The van der Waals surface area contributed by atoms with Crippen molar-refractivity contribution in [3.8, 4) is 5.75 Å². The summed E-state index contributed by atoms with van der Waals surface area (Å²) in [6.07, 6.45) is -5.50. The van der Waals surface area contributed by atoms with Crippen LogP contribution in [0.2, 0.25) is 0 Å². The fourth-order valence-electron chi connectivity index (χ4n) is 10.3. The largest absolute Gasteiger partial charge is 0.497 e. The number of rotatable bonds is 16. The zero-order valence-electron chi connectivity index (χ0n) is 44.5. The Hall–Kier alpha value is -3.62. The summed E-state index contributed by atoms with van der Waals surface area (Å²) in [7, 11) is 8.42. The number of carbonyl (C=O) groups excluding carboxylic acids is 5. The molecule has 0 spiro atoms. The molecule has 0 saturated carbocycles. The lowest BCUT2D eigenvalue weighted by Crippen LogP contribution is -2.61. The number of ether oxygens (including phenoxy) is 11. The summed E-state index contributed by atoms with van der Waals surface area (Å²) in [4.78, 5) is 70.3. The number of ketones is 1. The number of nitrogens with zero attached hydrogens (tertiary/aromatic N) is 1. The third-order valence-corrected chi connectivity index (χ3v) is 15.1. The summed E-state index contributed by atoms with van der Waals surface area (Å²) in [5.41, 5.74) is -2.69. The number of carbonyl (C=O) groups is 5. The smallest absolute Gasteiger partial charge is 0.316 e. The van der Waals surface area contributed by atoms with Crippen molar-refractivity contribution in [3.05, 3.63) is 41.5 Å². The Morgan fingerprint density at radius 3 is 2.00 bits per heavy atom. The van der Waals surface area contributed by atoms with E-state index in [0.717, 1.165) is 11.3 Å². The Morgan fingerprint density at radius 2 is 1.44 bits per heavy atom. The van der Waals surface area contributed by atoms with Gasteiger partial charge in [0, 0.05) is 52.1 Å². The fourth-order valence-corrected chi connectivity index (χ4v) is 11.0. The lowest BCUT2D eigenvalue weighted by atomic mass is 9.76. The number of thioether (sulfide) groups is 1. The molecule has 3 aliphatic rings. The number of likely N-dealkylation sites (N-methyl/N-ethyl adjacent to an activating group) is 1. The van der Waals surface area contributed by atoms with E-state index >= 15 is 0 Å². The number of Topliss-reactive ketones (excluding diaryl/α,β-unsaturated/α-hetero) is 1. The molecule has 0 unspecified atom stereocenters. The van der Waals surface area contributed by atoms with Crippen molar-refractivity contribution < 1.29 is 76.1 Å². The van der Waals surface area contributed by atoms with Crippen LogP contribution in [0, 0.1) is 17.8 Å². The van der Waals surface area contributed by atoms with E-state index in [4.69, 9.17) is 52.1 Å². The number of hydrogen-bond donors (Lipinski definition) is 0. The SMILES string of the molecule is CC[C@H]1OC(=O)[C@H](C)[C@@H](O[C@H]2C[C@@](C)(OC)[C@@H](OC(C)=O)[C@H](C)O2)[C@H](C)[C@@H](O[C@@H]2O[C@H](C)C[C@H](N(C)C)[C@H]2OC(C)=O)[C@](C)(OC)C[C@@H](C)C(=O)C(C)=C[C@]1(C)OC(=O)CSCc1ccc(OC)cc1. The number of benzene rings is 1. The fraction of sp³-hybridized carbons (Fsp3) is 0.750. The van der Waals surface area contributed by atoms with Crippen LogP contribution in [0.3, 0.4) is 0 Å². The molecule has 3 heterocycles. The first kappa shape index (κ1) is 58.9. The molecule has 0 N–H and O–H groups in total. The monoisotopic (exact) mass is 1010 g/mol. The van der Waals surface area contributed by atoms with Crippen LogP contribution in [0.1, 0.15) is 114 Å². The zero-order valence-corrected chi connectivity index (χ0v) is 45.3. The lowest BCUT2D eigenvalue weighted by Gasteiger charge is -2.50. The summed E-state index contributed by atoms with van der Waals surface area (Å²) in [6, 6.07) is 7.24. The van der Waals surface area contributed by atoms with Crippen LogP contribution in [0.4, 0.5) is 0 Å². The number of methoxy groups -OCH3 is 3. The Morgan fingerprint density at radius 1 is 0.829 bits per heavy atom. The second-order valence-electron chi connectivity index (χ2n) is 20.1. The molecule has 0 bridgehead atoms. The van der Waals surface area contributed by atoms with Gasteiger partial charge in [-0.25, -0.2) is 0 Å². The summed E-state index contributed by atoms with van der Waals surface area (Å²) < 4.78 is 69.1. The van der Waals surface area contributed by atoms with Gasteiger partial charge in [-0.3, -0.25) is 24.0 Å². The summed E-state index contributed by atoms with van der Waals surface area (Å²) in [6.45, 7) is 20.4. The molecule has 2 saturated heterocycles. The van der Waals surface area contributed by atoms with Crippen molar-refractivity contribution in [2.75, 3.05) is 41.2 Å². The van der Waals surface area contributed by atoms with Gasteiger partial charge >= 0.3 is 23.9 Å². The highest BCUT2D eigenvalue weighted by Crippen LogP contribution is 2.42. The van der Waals surface area contributed by atoms with Gasteiger partial charge < -0.3 is 57.0 Å². The first-order valence-electron chi connectivity index (χ1n) is 24.3. The van der Waals surface area contributed by atoms with E-state index in [-0.39, 0.29) is 42.9 Å². The Kier molecular flexibility index (Phi) is 21.4. The molecule has 0 radical (unpaired) electrons. The first-order chi connectivity index (χ1) is 32.7. The van der Waals surface area contributed by atoms with Gasteiger partial charge in [0.05, 0.1) is 54.8 Å². The molecule has 18 heteroatoms. The third-order valence-electron chi connectivity index (χ3n) is 14.1. The highest BCUT2D eigenvalue weighted by Gasteiger charge is 2.54.